The molecule has 0 spiro atoms. The van der Waals surface area contributed by atoms with Gasteiger partial charge in [-0.05, 0) is 43.9 Å². The second-order valence-electron chi connectivity index (χ2n) is 14.4. The average Bonchev–Trinajstić information content (AvgIpc) is 3.32. The summed E-state index contributed by atoms with van der Waals surface area (Å²) in [6.07, 6.45) is 21.6. The molecule has 0 aromatic heterocycles. The maximum absolute atomic E-state index is 12.4. The number of aliphatic hydroxyl groups excluding tert-OH is 3. The van der Waals surface area contributed by atoms with Gasteiger partial charge >= 0.3 is 19.8 Å². The van der Waals surface area contributed by atoms with E-state index in [1.54, 1.807) is 6.08 Å². The van der Waals surface area contributed by atoms with Gasteiger partial charge in [0.1, 0.15) is 6.61 Å². The molecule has 11 nitrogen and oxygen atoms in total. The molecule has 1 aliphatic carbocycles. The molecule has 0 bridgehead atoms. The van der Waals surface area contributed by atoms with E-state index in [0.717, 1.165) is 44.4 Å². The number of unbranched alkanes of at least 4 members (excludes halogenated alkanes) is 11. The van der Waals surface area contributed by atoms with Crippen LogP contribution in [0.2, 0.25) is 0 Å². The van der Waals surface area contributed by atoms with Crippen molar-refractivity contribution in [2.24, 2.45) is 17.8 Å². The molecule has 0 saturated heterocycles. The lowest BCUT2D eigenvalue weighted by Gasteiger charge is -2.19. The van der Waals surface area contributed by atoms with Gasteiger partial charge in [-0.2, -0.15) is 0 Å². The smallest absolute Gasteiger partial charge is 0.462 e. The van der Waals surface area contributed by atoms with Crippen LogP contribution in [0.4, 0.5) is 0 Å². The van der Waals surface area contributed by atoms with Crippen molar-refractivity contribution in [3.8, 4) is 0 Å². The lowest BCUT2D eigenvalue weighted by Crippen LogP contribution is -2.29. The minimum Gasteiger partial charge on any atom is -0.462 e. The Bertz CT molecular complexity index is 995. The summed E-state index contributed by atoms with van der Waals surface area (Å²) in [5.74, 6) is -0.711. The van der Waals surface area contributed by atoms with Crippen LogP contribution in [0.15, 0.2) is 24.3 Å². The fourth-order valence-electron chi connectivity index (χ4n) is 6.26. The molecule has 12 heteroatoms. The van der Waals surface area contributed by atoms with Gasteiger partial charge < -0.3 is 34.6 Å². The molecule has 0 aromatic carbocycles. The topological polar surface area (TPSA) is 180 Å². The Balaban J connectivity index is 2.35. The van der Waals surface area contributed by atoms with Crippen LogP contribution >= 0.6 is 7.82 Å². The number of hydrogen-bond acceptors (Lipinski definition) is 9. The zero-order valence-electron chi connectivity index (χ0n) is 31.0. The van der Waals surface area contributed by atoms with Crippen molar-refractivity contribution in [1.29, 1.82) is 0 Å². The molecule has 1 fully saturated rings. The van der Waals surface area contributed by atoms with Crippen molar-refractivity contribution in [2.75, 3.05) is 13.2 Å². The van der Waals surface area contributed by atoms with Gasteiger partial charge in [-0.25, -0.2) is 4.57 Å². The summed E-state index contributed by atoms with van der Waals surface area (Å²) in [5.41, 5.74) is 0. The van der Waals surface area contributed by atoms with Crippen LogP contribution in [0.1, 0.15) is 149 Å². The second-order valence-corrected chi connectivity index (χ2v) is 15.6. The molecule has 0 aromatic rings. The van der Waals surface area contributed by atoms with Crippen LogP contribution in [-0.2, 0) is 28.2 Å². The van der Waals surface area contributed by atoms with Gasteiger partial charge in [0.25, 0.3) is 0 Å². The zero-order valence-corrected chi connectivity index (χ0v) is 31.9. The van der Waals surface area contributed by atoms with Crippen molar-refractivity contribution in [3.05, 3.63) is 24.3 Å². The number of ether oxygens (including phenoxy) is 2. The molecular weight excluding hydrogens is 663 g/mol. The van der Waals surface area contributed by atoms with Crippen molar-refractivity contribution in [3.63, 3.8) is 0 Å². The second kappa shape index (κ2) is 28.0. The molecule has 0 aliphatic heterocycles. The highest BCUT2D eigenvalue weighted by molar-refractivity contribution is 7.46. The molecule has 50 heavy (non-hydrogen) atoms. The maximum atomic E-state index is 12.4. The Labute approximate surface area is 301 Å². The predicted molar refractivity (Wildman–Crippen MR) is 195 cm³/mol. The van der Waals surface area contributed by atoms with Crippen LogP contribution in [0, 0.1) is 17.8 Å². The van der Waals surface area contributed by atoms with E-state index in [0.29, 0.717) is 38.5 Å². The summed E-state index contributed by atoms with van der Waals surface area (Å²) in [7, 11) is -4.81. The molecule has 6 atom stereocenters. The van der Waals surface area contributed by atoms with Crippen molar-refractivity contribution >= 4 is 19.8 Å². The standard InChI is InChI=1S/C38H69O11P/c1-4-5-15-21-31(39)25-26-34-33(35(40)27-36(34)41)22-17-13-14-18-23-37(42)47-28-32(29-48-50(44,45)46)49-38(43)24-19-12-10-8-6-7-9-11-16-20-30(2)3/h13,17,25-26,30-36,39-41H,4-12,14-16,18-24,27-29H2,1-3H3,(H2,44,45,46)/b17-13+,26-25+/t31-,32+,33+,34+,35-,36+/m0/s1. The monoisotopic (exact) mass is 732 g/mol. The summed E-state index contributed by atoms with van der Waals surface area (Å²) >= 11 is 0. The summed E-state index contributed by atoms with van der Waals surface area (Å²) in [5, 5.41) is 31.1. The quantitative estimate of drug-likeness (QED) is 0.0214. The highest BCUT2D eigenvalue weighted by Crippen LogP contribution is 2.37. The molecule has 0 unspecified atom stereocenters. The highest BCUT2D eigenvalue weighted by Gasteiger charge is 2.39. The van der Waals surface area contributed by atoms with Gasteiger partial charge in [0, 0.05) is 25.2 Å². The zero-order chi connectivity index (χ0) is 37.2. The van der Waals surface area contributed by atoms with Gasteiger partial charge in [-0.15, -0.1) is 0 Å². The highest BCUT2D eigenvalue weighted by atomic mass is 31.2. The number of phosphoric ester groups is 1. The third-order valence-electron chi connectivity index (χ3n) is 9.22. The normalized spacial score (nSPS) is 21.0. The van der Waals surface area contributed by atoms with E-state index < -0.39 is 50.8 Å². The molecule has 292 valence electrons. The Morgan fingerprint density at radius 1 is 0.800 bits per heavy atom. The number of phosphoric acid groups is 1. The predicted octanol–water partition coefficient (Wildman–Crippen LogP) is 7.47. The Hall–Kier alpha value is -1.59. The van der Waals surface area contributed by atoms with Gasteiger partial charge in [-0.1, -0.05) is 122 Å². The number of esters is 2. The molecule has 1 rings (SSSR count). The Morgan fingerprint density at radius 3 is 2.06 bits per heavy atom. The van der Waals surface area contributed by atoms with Crippen molar-refractivity contribution in [2.45, 2.75) is 174 Å². The number of aliphatic hydroxyl groups is 3. The number of hydrogen-bond donors (Lipinski definition) is 5. The maximum Gasteiger partial charge on any atom is 0.469 e. The number of carbonyl (C=O) groups is 2. The van der Waals surface area contributed by atoms with Crippen LogP contribution < -0.4 is 0 Å². The molecule has 1 aliphatic rings. The lowest BCUT2D eigenvalue weighted by atomic mass is 9.89. The largest absolute Gasteiger partial charge is 0.469 e. The third kappa shape index (κ3) is 24.6. The molecule has 0 radical (unpaired) electrons. The summed E-state index contributed by atoms with van der Waals surface area (Å²) in [4.78, 5) is 42.9. The van der Waals surface area contributed by atoms with E-state index >= 15 is 0 Å². The number of carbonyl (C=O) groups excluding carboxylic acids is 2. The lowest BCUT2D eigenvalue weighted by molar-refractivity contribution is -0.161. The van der Waals surface area contributed by atoms with E-state index in [1.807, 2.05) is 18.2 Å². The Kier molecular flexibility index (Phi) is 26.0. The Morgan fingerprint density at radius 2 is 1.42 bits per heavy atom. The first-order valence-electron chi connectivity index (χ1n) is 19.2. The summed E-state index contributed by atoms with van der Waals surface area (Å²) in [6, 6.07) is 0. The molecule has 0 heterocycles. The average molecular weight is 733 g/mol. The molecule has 1 saturated carbocycles. The number of rotatable bonds is 30. The van der Waals surface area contributed by atoms with Crippen molar-refractivity contribution < 1.29 is 53.3 Å². The first kappa shape index (κ1) is 46.4. The fourth-order valence-corrected chi connectivity index (χ4v) is 6.62. The van der Waals surface area contributed by atoms with E-state index in [2.05, 4.69) is 25.3 Å². The molecule has 5 N–H and O–H groups in total. The summed E-state index contributed by atoms with van der Waals surface area (Å²) in [6.45, 7) is 5.64. The third-order valence-corrected chi connectivity index (χ3v) is 9.71. The van der Waals surface area contributed by atoms with E-state index in [-0.39, 0.29) is 31.3 Å². The van der Waals surface area contributed by atoms with Gasteiger partial charge in [0.05, 0.1) is 24.9 Å². The number of allylic oxidation sites excluding steroid dienone is 2. The van der Waals surface area contributed by atoms with Gasteiger partial charge in [-0.3, -0.25) is 14.1 Å². The van der Waals surface area contributed by atoms with Crippen LogP contribution in [0.3, 0.4) is 0 Å². The fraction of sp³-hybridized carbons (Fsp3) is 0.842. The first-order valence-corrected chi connectivity index (χ1v) is 20.8. The van der Waals surface area contributed by atoms with Crippen molar-refractivity contribution in [1.82, 2.24) is 0 Å². The minimum atomic E-state index is -4.81. The van der Waals surface area contributed by atoms with Gasteiger partial charge in [0.2, 0.25) is 0 Å². The molecule has 0 amide bonds. The SMILES string of the molecule is CCCCC[C@H](O)/C=C/[C@@H]1[C@@H](C/C=C/CCCC(=O)OC[C@H](COP(=O)(O)O)OC(=O)CCCCCCCCCCCC(C)C)[C@@H](O)C[C@H]1O. The first-order chi connectivity index (χ1) is 23.8. The molecular formula is C38H69O11P. The van der Waals surface area contributed by atoms with E-state index in [4.69, 9.17) is 19.3 Å². The van der Waals surface area contributed by atoms with Gasteiger partial charge in [0.15, 0.2) is 6.10 Å². The van der Waals surface area contributed by atoms with Crippen LogP contribution in [0.25, 0.3) is 0 Å². The summed E-state index contributed by atoms with van der Waals surface area (Å²) < 4.78 is 26.3. The van der Waals surface area contributed by atoms with E-state index in [1.165, 1.54) is 38.5 Å². The van der Waals surface area contributed by atoms with Crippen LogP contribution in [-0.4, -0.2) is 74.7 Å². The van der Waals surface area contributed by atoms with Crippen LogP contribution in [0.5, 0.6) is 0 Å². The minimum absolute atomic E-state index is 0.0916. The van der Waals surface area contributed by atoms with E-state index in [9.17, 15) is 29.5 Å².